The summed E-state index contributed by atoms with van der Waals surface area (Å²) in [6.45, 7) is 0. The van der Waals surface area contributed by atoms with Gasteiger partial charge in [0.25, 0.3) is 0 Å². The Bertz CT molecular complexity index is 4000. The third-order valence-electron chi connectivity index (χ3n) is 13.6. The van der Waals surface area contributed by atoms with Crippen molar-refractivity contribution in [2.24, 2.45) is 0 Å². The van der Waals surface area contributed by atoms with E-state index in [4.69, 9.17) is 19.9 Å². The summed E-state index contributed by atoms with van der Waals surface area (Å²) >= 11 is 1.75. The number of allylic oxidation sites excluding steroid dienone is 2. The van der Waals surface area contributed by atoms with Gasteiger partial charge in [0, 0.05) is 43.8 Å². The molecule has 314 valence electrons. The minimum Gasteiger partial charge on any atom is -0.302 e. The maximum absolute atomic E-state index is 5.54. The van der Waals surface area contributed by atoms with Gasteiger partial charge in [0.1, 0.15) is 0 Å². The molecule has 0 saturated heterocycles. The molecule has 7 heteroatoms. The highest BCUT2D eigenvalue weighted by atomic mass is 32.1. The number of para-hydroxylation sites is 2. The first-order chi connectivity index (χ1) is 33.2. The molecule has 0 fully saturated rings. The van der Waals surface area contributed by atoms with Crippen molar-refractivity contribution in [2.45, 2.75) is 12.0 Å². The number of hydrogen-bond acceptors (Lipinski definition) is 6. The maximum atomic E-state index is 5.54. The lowest BCUT2D eigenvalue weighted by Crippen LogP contribution is -2.33. The summed E-state index contributed by atoms with van der Waals surface area (Å²) in [6.07, 6.45) is 6.87. The summed E-state index contributed by atoms with van der Waals surface area (Å²) in [5.41, 5.74) is 13.9. The number of thiophene rings is 1. The fourth-order valence-electron chi connectivity index (χ4n) is 10.5. The van der Waals surface area contributed by atoms with Crippen molar-refractivity contribution in [1.82, 2.24) is 24.5 Å². The van der Waals surface area contributed by atoms with Gasteiger partial charge >= 0.3 is 0 Å². The third kappa shape index (κ3) is 6.02. The number of hydrogen-bond donors (Lipinski definition) is 0. The van der Waals surface area contributed by atoms with E-state index in [2.05, 4.69) is 222 Å². The van der Waals surface area contributed by atoms with Gasteiger partial charge in [-0.15, -0.1) is 11.3 Å². The van der Waals surface area contributed by atoms with E-state index in [-0.39, 0.29) is 12.0 Å². The fourth-order valence-corrected chi connectivity index (χ4v) is 11.6. The summed E-state index contributed by atoms with van der Waals surface area (Å²) in [7, 11) is 0. The van der Waals surface area contributed by atoms with E-state index in [0.717, 1.165) is 76.7 Å². The second kappa shape index (κ2) is 15.0. The van der Waals surface area contributed by atoms with Gasteiger partial charge in [0.15, 0.2) is 0 Å². The zero-order valence-electron chi connectivity index (χ0n) is 36.0. The van der Waals surface area contributed by atoms with Crippen LogP contribution >= 0.6 is 11.3 Å². The van der Waals surface area contributed by atoms with Crippen LogP contribution in [0.3, 0.4) is 0 Å². The first kappa shape index (κ1) is 37.8. The van der Waals surface area contributed by atoms with Crippen LogP contribution in [0.1, 0.15) is 17.0 Å². The minimum atomic E-state index is -0.0976. The molecule has 0 radical (unpaired) electrons. The standard InChI is InChI=1S/C60H38N6S/c1-4-17-37(18-5-1)54-36-50-58(67-54)56(39-21-8-3-9-22-39)64-60(62-50)66-51-30-15-13-25-44(51)45-28-16-27-43(57(45)66)42-31-32-52-47(34-42)48-33-40-23-10-11-24-41(40)35-53(48)65(52)59-61-49-29-14-12-26-46(49)55(63-59)38-19-6-2-7-20-38/h1-36,45,57H. The second-order valence-corrected chi connectivity index (χ2v) is 18.4. The zero-order chi connectivity index (χ0) is 44.0. The van der Waals surface area contributed by atoms with E-state index in [1.54, 1.807) is 11.3 Å². The van der Waals surface area contributed by atoms with Crippen LogP contribution < -0.4 is 4.90 Å². The van der Waals surface area contributed by atoms with Crippen molar-refractivity contribution in [3.63, 3.8) is 0 Å². The molecule has 0 amide bonds. The fraction of sp³-hybridized carbons (Fsp3) is 0.0333. The minimum absolute atomic E-state index is 0.0846. The molecule has 0 bridgehead atoms. The Morgan fingerprint density at radius 1 is 0.448 bits per heavy atom. The molecule has 0 saturated carbocycles. The molecule has 67 heavy (non-hydrogen) atoms. The van der Waals surface area contributed by atoms with Crippen LogP contribution in [0.5, 0.6) is 0 Å². The topological polar surface area (TPSA) is 59.7 Å². The molecule has 2 unspecified atom stereocenters. The van der Waals surface area contributed by atoms with Gasteiger partial charge in [-0.2, -0.15) is 0 Å². The molecule has 0 N–H and O–H groups in total. The summed E-state index contributed by atoms with van der Waals surface area (Å²) in [6, 6.07) is 71.0. The average Bonchev–Trinajstić information content (AvgIpc) is 4.08. The van der Waals surface area contributed by atoms with Crippen molar-refractivity contribution in [1.29, 1.82) is 0 Å². The van der Waals surface area contributed by atoms with Gasteiger partial charge in [-0.05, 0) is 75.5 Å². The van der Waals surface area contributed by atoms with Crippen LogP contribution in [0.2, 0.25) is 0 Å². The van der Waals surface area contributed by atoms with E-state index in [1.807, 2.05) is 6.07 Å². The van der Waals surface area contributed by atoms with Gasteiger partial charge in [-0.1, -0.05) is 176 Å². The molecule has 5 heterocycles. The summed E-state index contributed by atoms with van der Waals surface area (Å²) in [5, 5.41) is 5.66. The SMILES string of the molecule is C1=CC2c3ccccc3N(c3nc(-c4ccccc4)c4sc(-c5ccccc5)cc4n3)C2C(c2ccc3c(c2)c2cc4ccccc4cc2n3-c2nc(-c3ccccc3)c3ccccc3n2)=C1. The predicted octanol–water partition coefficient (Wildman–Crippen LogP) is 15.1. The van der Waals surface area contributed by atoms with Crippen LogP contribution in [-0.2, 0) is 0 Å². The average molecular weight is 875 g/mol. The van der Waals surface area contributed by atoms with Crippen LogP contribution in [-0.4, -0.2) is 30.5 Å². The highest BCUT2D eigenvalue weighted by Gasteiger charge is 2.43. The molecule has 6 nitrogen and oxygen atoms in total. The van der Waals surface area contributed by atoms with Crippen molar-refractivity contribution >= 4 is 82.2 Å². The van der Waals surface area contributed by atoms with E-state index < -0.39 is 0 Å². The highest BCUT2D eigenvalue weighted by molar-refractivity contribution is 7.22. The van der Waals surface area contributed by atoms with E-state index >= 15 is 0 Å². The number of nitrogens with zero attached hydrogens (tertiary/aromatic N) is 6. The molecule has 1 aliphatic carbocycles. The smallest absolute Gasteiger partial charge is 0.235 e. The summed E-state index contributed by atoms with van der Waals surface area (Å²) < 4.78 is 3.34. The van der Waals surface area contributed by atoms with Crippen molar-refractivity contribution in [3.05, 3.63) is 230 Å². The number of anilines is 2. The lowest BCUT2D eigenvalue weighted by molar-refractivity contribution is 0.747. The van der Waals surface area contributed by atoms with Gasteiger partial charge in [0.2, 0.25) is 11.9 Å². The molecule has 8 aromatic carbocycles. The first-order valence-corrected chi connectivity index (χ1v) is 23.5. The Labute approximate surface area is 390 Å². The lowest BCUT2D eigenvalue weighted by atomic mass is 9.83. The van der Waals surface area contributed by atoms with E-state index in [9.17, 15) is 0 Å². The van der Waals surface area contributed by atoms with Crippen molar-refractivity contribution < 1.29 is 0 Å². The number of fused-ring (bicyclic) bond motifs is 9. The Balaban J connectivity index is 0.970. The number of benzene rings is 8. The molecule has 12 aromatic rings. The van der Waals surface area contributed by atoms with Crippen molar-refractivity contribution in [3.8, 4) is 38.9 Å². The predicted molar refractivity (Wildman–Crippen MR) is 277 cm³/mol. The zero-order valence-corrected chi connectivity index (χ0v) is 36.8. The largest absolute Gasteiger partial charge is 0.302 e. The number of rotatable bonds is 6. The lowest BCUT2D eigenvalue weighted by Gasteiger charge is -2.32. The monoisotopic (exact) mass is 874 g/mol. The van der Waals surface area contributed by atoms with Gasteiger partial charge in [-0.25, -0.2) is 19.9 Å². The molecule has 2 atom stereocenters. The van der Waals surface area contributed by atoms with E-state index in [1.165, 1.54) is 32.3 Å². The summed E-state index contributed by atoms with van der Waals surface area (Å²) in [5.74, 6) is 1.42. The van der Waals surface area contributed by atoms with Crippen LogP contribution in [0.15, 0.2) is 218 Å². The van der Waals surface area contributed by atoms with E-state index in [0.29, 0.717) is 11.9 Å². The van der Waals surface area contributed by atoms with Crippen LogP contribution in [0.25, 0.3) is 98.2 Å². The maximum Gasteiger partial charge on any atom is 0.235 e. The van der Waals surface area contributed by atoms with Crippen LogP contribution in [0, 0.1) is 0 Å². The first-order valence-electron chi connectivity index (χ1n) is 22.7. The molecular formula is C60H38N6S. The third-order valence-corrected chi connectivity index (χ3v) is 14.8. The Kier molecular flexibility index (Phi) is 8.48. The van der Waals surface area contributed by atoms with Gasteiger partial charge in [0.05, 0.1) is 44.2 Å². The Morgan fingerprint density at radius 3 is 1.90 bits per heavy atom. The second-order valence-electron chi connectivity index (χ2n) is 17.4. The molecule has 0 spiro atoms. The molecular weight excluding hydrogens is 837 g/mol. The molecule has 14 rings (SSSR count). The number of aromatic nitrogens is 5. The Morgan fingerprint density at radius 2 is 1.09 bits per heavy atom. The van der Waals surface area contributed by atoms with Crippen molar-refractivity contribution in [2.75, 3.05) is 4.90 Å². The summed E-state index contributed by atoms with van der Waals surface area (Å²) in [4.78, 5) is 25.3. The molecule has 2 aliphatic rings. The highest BCUT2D eigenvalue weighted by Crippen LogP contribution is 2.52. The Hall–Kier alpha value is -8.52. The van der Waals surface area contributed by atoms with Gasteiger partial charge < -0.3 is 4.90 Å². The van der Waals surface area contributed by atoms with Gasteiger partial charge in [-0.3, -0.25) is 4.57 Å². The molecule has 1 aliphatic heterocycles. The quantitative estimate of drug-likeness (QED) is 0.167. The normalized spacial score (nSPS) is 15.5. The molecule has 4 aromatic heterocycles. The van der Waals surface area contributed by atoms with Crippen LogP contribution in [0.4, 0.5) is 11.6 Å².